The minimum Gasteiger partial charge on any atom is -0.394 e. The molecule has 0 bridgehead atoms. The number of nitrogens with zero attached hydrogens (tertiary/aromatic N) is 3. The van der Waals surface area contributed by atoms with Crippen LogP contribution in [0.2, 0.25) is 0 Å². The molecule has 0 spiro atoms. The predicted octanol–water partition coefficient (Wildman–Crippen LogP) is 1.04. The molecule has 3 aliphatic rings. The number of hydrogen-bond donors (Lipinski definition) is 3. The number of piperidine rings is 1. The Morgan fingerprint density at radius 1 is 0.931 bits per heavy atom. The van der Waals surface area contributed by atoms with Crippen molar-refractivity contribution in [2.75, 3.05) is 52.9 Å². The van der Waals surface area contributed by atoms with Crippen molar-refractivity contribution in [3.8, 4) is 0 Å². The molecule has 29 heavy (non-hydrogen) atoms. The fraction of sp³-hybridized carbons (Fsp3) is 0.773. The summed E-state index contributed by atoms with van der Waals surface area (Å²) in [4.78, 5) is 19.5. The van der Waals surface area contributed by atoms with Crippen LogP contribution in [0, 0.1) is 5.92 Å². The van der Waals surface area contributed by atoms with Crippen molar-refractivity contribution in [1.82, 2.24) is 20.0 Å². The van der Waals surface area contributed by atoms with Crippen molar-refractivity contribution in [2.45, 2.75) is 51.0 Å². The molecule has 1 saturated carbocycles. The summed E-state index contributed by atoms with van der Waals surface area (Å²) in [5, 5.41) is 3.05. The fourth-order valence-electron chi connectivity index (χ4n) is 4.64. The molecule has 0 aromatic rings. The summed E-state index contributed by atoms with van der Waals surface area (Å²) in [6.45, 7) is 7.88. The molecule has 0 aromatic heterocycles. The van der Waals surface area contributed by atoms with Gasteiger partial charge in [0.15, 0.2) is 0 Å². The van der Waals surface area contributed by atoms with E-state index < -0.39 is 0 Å². The molecule has 1 aliphatic carbocycles. The lowest BCUT2D eigenvalue weighted by molar-refractivity contribution is -0.118. The molecule has 7 nitrogen and oxygen atoms in total. The van der Waals surface area contributed by atoms with Crippen LogP contribution in [-0.2, 0) is 4.79 Å². The minimum atomic E-state index is -0.174. The second-order valence-corrected chi connectivity index (χ2v) is 9.06. The van der Waals surface area contributed by atoms with E-state index in [-0.39, 0.29) is 17.6 Å². The van der Waals surface area contributed by atoms with Gasteiger partial charge in [0, 0.05) is 51.9 Å². The van der Waals surface area contributed by atoms with Gasteiger partial charge >= 0.3 is 0 Å². The van der Waals surface area contributed by atoms with E-state index >= 15 is 0 Å². The molecule has 2 aliphatic heterocycles. The molecule has 0 radical (unpaired) electrons. The van der Waals surface area contributed by atoms with Crippen LogP contribution < -0.4 is 16.8 Å². The van der Waals surface area contributed by atoms with Gasteiger partial charge in [0.1, 0.15) is 0 Å². The second kappa shape index (κ2) is 10.9. The van der Waals surface area contributed by atoms with Gasteiger partial charge in [-0.3, -0.25) is 4.79 Å². The third kappa shape index (κ3) is 6.93. The van der Waals surface area contributed by atoms with Gasteiger partial charge in [0.05, 0.1) is 11.5 Å². The Morgan fingerprint density at radius 2 is 1.59 bits per heavy atom. The molecule has 3 fully saturated rings. The minimum absolute atomic E-state index is 0.174. The third-order valence-electron chi connectivity index (χ3n) is 6.73. The van der Waals surface area contributed by atoms with Crippen LogP contribution in [-0.4, -0.2) is 79.5 Å². The number of carbonyl (C=O) groups excluding carboxylic acids is 1. The average molecular weight is 405 g/mol. The number of allylic oxidation sites excluding steroid dienone is 2. The molecule has 0 aromatic carbocycles. The monoisotopic (exact) mass is 404 g/mol. The first kappa shape index (κ1) is 22.0. The van der Waals surface area contributed by atoms with Gasteiger partial charge in [-0.25, -0.2) is 0 Å². The van der Waals surface area contributed by atoms with Gasteiger partial charge in [-0.15, -0.1) is 0 Å². The number of nitrogens with one attached hydrogen (secondary N) is 1. The molecule has 2 saturated heterocycles. The maximum atomic E-state index is 12.3. The lowest BCUT2D eigenvalue weighted by atomic mass is 9.95. The van der Waals surface area contributed by atoms with Crippen molar-refractivity contribution in [3.05, 3.63) is 23.7 Å². The lowest BCUT2D eigenvalue weighted by Gasteiger charge is -2.38. The smallest absolute Gasteiger partial charge is 0.267 e. The van der Waals surface area contributed by atoms with Crippen LogP contribution in [0.4, 0.5) is 0 Å². The molecule has 5 N–H and O–H groups in total. The Balaban J connectivity index is 1.40. The quantitative estimate of drug-likeness (QED) is 0.453. The fourth-order valence-corrected chi connectivity index (χ4v) is 4.64. The second-order valence-electron chi connectivity index (χ2n) is 9.06. The van der Waals surface area contributed by atoms with E-state index in [2.05, 4.69) is 27.1 Å². The molecule has 0 atom stereocenters. The molecule has 7 heteroatoms. The van der Waals surface area contributed by atoms with E-state index in [1.807, 2.05) is 0 Å². The maximum absolute atomic E-state index is 12.3. The summed E-state index contributed by atoms with van der Waals surface area (Å²) >= 11 is 0. The van der Waals surface area contributed by atoms with Crippen LogP contribution in [0.5, 0.6) is 0 Å². The van der Waals surface area contributed by atoms with Crippen molar-refractivity contribution < 1.29 is 4.79 Å². The van der Waals surface area contributed by atoms with E-state index in [4.69, 9.17) is 11.5 Å². The maximum Gasteiger partial charge on any atom is 0.267 e. The number of piperazine rings is 1. The molecule has 2 heterocycles. The number of likely N-dealkylation sites (tertiary alicyclic amines) is 1. The highest BCUT2D eigenvalue weighted by molar-refractivity contribution is 5.92. The average Bonchev–Trinajstić information content (AvgIpc) is 2.74. The predicted molar refractivity (Wildman–Crippen MR) is 118 cm³/mol. The molecule has 3 rings (SSSR count). The van der Waals surface area contributed by atoms with E-state index in [1.54, 1.807) is 12.2 Å². The van der Waals surface area contributed by atoms with E-state index in [0.717, 1.165) is 31.8 Å². The van der Waals surface area contributed by atoms with Gasteiger partial charge in [-0.05, 0) is 50.8 Å². The number of hydrogen-bond acceptors (Lipinski definition) is 6. The normalized spacial score (nSPS) is 24.7. The first-order valence-corrected chi connectivity index (χ1v) is 11.4. The van der Waals surface area contributed by atoms with Gasteiger partial charge in [-0.1, -0.05) is 19.3 Å². The van der Waals surface area contributed by atoms with Crippen molar-refractivity contribution in [1.29, 1.82) is 0 Å². The van der Waals surface area contributed by atoms with Crippen LogP contribution in [0.3, 0.4) is 0 Å². The van der Waals surface area contributed by atoms with Crippen molar-refractivity contribution in [3.63, 3.8) is 0 Å². The van der Waals surface area contributed by atoms with Crippen molar-refractivity contribution in [2.24, 2.45) is 17.4 Å². The summed E-state index contributed by atoms with van der Waals surface area (Å²) in [6.07, 6.45) is 11.5. The van der Waals surface area contributed by atoms with Gasteiger partial charge in [-0.2, -0.15) is 0 Å². The summed E-state index contributed by atoms with van der Waals surface area (Å²) in [5.74, 6) is 1.28. The Morgan fingerprint density at radius 3 is 2.24 bits per heavy atom. The number of rotatable bonds is 6. The Kier molecular flexibility index (Phi) is 8.24. The summed E-state index contributed by atoms with van der Waals surface area (Å²) in [6, 6.07) is 0.267. The standard InChI is InChI=1S/C22H40N6O/c1-26-13-15-27(16-14-26)17-18-9-11-28(12-10-18)21(24)8-7-20(23)22(29)25-19-5-3-2-4-6-19/h7-8,18-19H,2-6,9-17,23-24H2,1H3,(H,25,29)/b20-7-,21-8+. The summed E-state index contributed by atoms with van der Waals surface area (Å²) in [7, 11) is 2.20. The Hall–Kier alpha value is -1.73. The van der Waals surface area contributed by atoms with Crippen LogP contribution in [0.15, 0.2) is 23.7 Å². The Labute approximate surface area is 176 Å². The number of nitrogens with two attached hydrogens (primary N) is 2. The topological polar surface area (TPSA) is 90.9 Å². The van der Waals surface area contributed by atoms with E-state index in [0.29, 0.717) is 5.82 Å². The van der Waals surface area contributed by atoms with E-state index in [9.17, 15) is 4.79 Å². The van der Waals surface area contributed by atoms with Crippen LogP contribution in [0.1, 0.15) is 44.9 Å². The number of carbonyl (C=O) groups is 1. The van der Waals surface area contributed by atoms with Gasteiger partial charge in [0.2, 0.25) is 0 Å². The van der Waals surface area contributed by atoms with Crippen LogP contribution >= 0.6 is 0 Å². The number of amides is 1. The van der Waals surface area contributed by atoms with Crippen molar-refractivity contribution >= 4 is 5.91 Å². The summed E-state index contributed by atoms with van der Waals surface area (Å²) in [5.41, 5.74) is 12.5. The molecule has 164 valence electrons. The molecule has 1 amide bonds. The first-order chi connectivity index (χ1) is 14.0. The zero-order chi connectivity index (χ0) is 20.6. The lowest BCUT2D eigenvalue weighted by Crippen LogP contribution is -2.47. The first-order valence-electron chi connectivity index (χ1n) is 11.4. The number of likely N-dealkylation sites (N-methyl/N-ethyl adjacent to an activating group) is 1. The highest BCUT2D eigenvalue weighted by atomic mass is 16.2. The highest BCUT2D eigenvalue weighted by Crippen LogP contribution is 2.21. The molecular formula is C22H40N6O. The Bertz CT molecular complexity index is 582. The highest BCUT2D eigenvalue weighted by Gasteiger charge is 2.23. The summed E-state index contributed by atoms with van der Waals surface area (Å²) < 4.78 is 0. The zero-order valence-electron chi connectivity index (χ0n) is 18.1. The molecular weight excluding hydrogens is 364 g/mol. The van der Waals surface area contributed by atoms with Crippen LogP contribution in [0.25, 0.3) is 0 Å². The zero-order valence-corrected chi connectivity index (χ0v) is 18.1. The SMILES string of the molecule is CN1CCN(CC2CCN(/C(N)=C/C=C(\N)C(=O)NC3CCCCC3)CC2)CC1. The molecule has 0 unspecified atom stereocenters. The van der Waals surface area contributed by atoms with Gasteiger partial charge in [0.25, 0.3) is 5.91 Å². The largest absolute Gasteiger partial charge is 0.394 e. The third-order valence-corrected chi connectivity index (χ3v) is 6.73. The van der Waals surface area contributed by atoms with E-state index in [1.165, 1.54) is 64.8 Å². The van der Waals surface area contributed by atoms with Gasteiger partial charge < -0.3 is 31.5 Å².